The summed E-state index contributed by atoms with van der Waals surface area (Å²) in [6, 6.07) is 14.7. The fourth-order valence-electron chi connectivity index (χ4n) is 4.34. The Balaban J connectivity index is 1.42. The third kappa shape index (κ3) is 5.54. The lowest BCUT2D eigenvalue weighted by Gasteiger charge is -2.37. The number of rotatable bonds is 7. The summed E-state index contributed by atoms with van der Waals surface area (Å²) in [6.45, 7) is 7.18. The predicted octanol–water partition coefficient (Wildman–Crippen LogP) is 2.71. The third-order valence-corrected chi connectivity index (χ3v) is 6.28. The van der Waals surface area contributed by atoms with Crippen LogP contribution in [0.5, 0.6) is 0 Å². The molecule has 0 bridgehead atoms. The van der Waals surface area contributed by atoms with Crippen molar-refractivity contribution in [3.8, 4) is 0 Å². The normalized spacial score (nSPS) is 20.0. The predicted molar refractivity (Wildman–Crippen MR) is 123 cm³/mol. The Kier molecular flexibility index (Phi) is 7.52. The molecule has 170 valence electrons. The van der Waals surface area contributed by atoms with Crippen molar-refractivity contribution in [2.24, 2.45) is 5.92 Å². The van der Waals surface area contributed by atoms with Gasteiger partial charge in [0.1, 0.15) is 0 Å². The number of carbonyl (C=O) groups is 2. The Bertz CT molecular complexity index is 922. The maximum absolute atomic E-state index is 13.0. The van der Waals surface area contributed by atoms with Gasteiger partial charge in [-0.15, -0.1) is 0 Å². The van der Waals surface area contributed by atoms with Crippen LogP contribution in [0.4, 0.5) is 5.69 Å². The zero-order valence-corrected chi connectivity index (χ0v) is 18.5. The lowest BCUT2D eigenvalue weighted by molar-refractivity contribution is 0.00166. The molecule has 2 aliphatic heterocycles. The van der Waals surface area contributed by atoms with Crippen molar-refractivity contribution in [1.29, 1.82) is 0 Å². The molecule has 32 heavy (non-hydrogen) atoms. The standard InChI is InChI=1S/C25H31N3O4/c1-18-7-8-20(15-22(18)27-25(30)19-5-3-2-4-6-19)24(29)26-16-23(21-9-12-32-17-21)28-10-13-31-14-11-28/h2-8,15,21,23H,9-14,16-17H2,1H3,(H,26,29)(H,27,30). The van der Waals surface area contributed by atoms with Crippen LogP contribution >= 0.6 is 0 Å². The minimum absolute atomic E-state index is 0.141. The van der Waals surface area contributed by atoms with Crippen molar-refractivity contribution in [1.82, 2.24) is 10.2 Å². The number of carbonyl (C=O) groups excluding carboxylic acids is 2. The fourth-order valence-corrected chi connectivity index (χ4v) is 4.34. The minimum atomic E-state index is -0.195. The van der Waals surface area contributed by atoms with E-state index in [1.807, 2.05) is 31.2 Å². The van der Waals surface area contributed by atoms with Crippen LogP contribution in [0.3, 0.4) is 0 Å². The molecular weight excluding hydrogens is 406 g/mol. The number of anilines is 1. The van der Waals surface area contributed by atoms with E-state index < -0.39 is 0 Å². The number of nitrogens with zero attached hydrogens (tertiary/aromatic N) is 1. The molecule has 0 spiro atoms. The van der Waals surface area contributed by atoms with E-state index in [4.69, 9.17) is 9.47 Å². The first kappa shape index (κ1) is 22.5. The van der Waals surface area contributed by atoms with Gasteiger partial charge in [-0.25, -0.2) is 0 Å². The van der Waals surface area contributed by atoms with Crippen molar-refractivity contribution in [2.45, 2.75) is 19.4 Å². The summed E-state index contributed by atoms with van der Waals surface area (Å²) in [4.78, 5) is 27.9. The van der Waals surface area contributed by atoms with Crippen molar-refractivity contribution >= 4 is 17.5 Å². The molecule has 2 fully saturated rings. The average Bonchev–Trinajstić information content (AvgIpc) is 3.36. The van der Waals surface area contributed by atoms with Crippen molar-refractivity contribution < 1.29 is 19.1 Å². The molecule has 2 aromatic carbocycles. The highest BCUT2D eigenvalue weighted by Gasteiger charge is 2.31. The molecule has 2 saturated heterocycles. The van der Waals surface area contributed by atoms with Gasteiger partial charge in [-0.2, -0.15) is 0 Å². The SMILES string of the molecule is Cc1ccc(C(=O)NCC(C2CCOC2)N2CCOCC2)cc1NC(=O)c1ccccc1. The first-order valence-corrected chi connectivity index (χ1v) is 11.3. The van der Waals surface area contributed by atoms with Crippen molar-refractivity contribution in [2.75, 3.05) is 51.4 Å². The van der Waals surface area contributed by atoms with Crippen molar-refractivity contribution in [3.63, 3.8) is 0 Å². The van der Waals surface area contributed by atoms with Gasteiger partial charge in [0.25, 0.3) is 11.8 Å². The molecule has 0 saturated carbocycles. The number of nitrogens with one attached hydrogen (secondary N) is 2. The van der Waals surface area contributed by atoms with E-state index in [9.17, 15) is 9.59 Å². The molecule has 2 N–H and O–H groups in total. The number of hydrogen-bond donors (Lipinski definition) is 2. The van der Waals surface area contributed by atoms with E-state index in [1.54, 1.807) is 24.3 Å². The summed E-state index contributed by atoms with van der Waals surface area (Å²) in [7, 11) is 0. The molecule has 0 radical (unpaired) electrons. The quantitative estimate of drug-likeness (QED) is 0.696. The molecule has 2 aliphatic rings. The summed E-state index contributed by atoms with van der Waals surface area (Å²) in [6.07, 6.45) is 1.01. The molecule has 2 unspecified atom stereocenters. The van der Waals surface area contributed by atoms with Crippen LogP contribution in [-0.2, 0) is 9.47 Å². The second-order valence-corrected chi connectivity index (χ2v) is 8.40. The minimum Gasteiger partial charge on any atom is -0.381 e. The van der Waals surface area contributed by atoms with Gasteiger partial charge in [0, 0.05) is 55.0 Å². The lowest BCUT2D eigenvalue weighted by Crippen LogP contribution is -2.52. The van der Waals surface area contributed by atoms with E-state index in [0.717, 1.165) is 51.5 Å². The summed E-state index contributed by atoms with van der Waals surface area (Å²) >= 11 is 0. The van der Waals surface area contributed by atoms with Gasteiger partial charge in [-0.3, -0.25) is 14.5 Å². The summed E-state index contributed by atoms with van der Waals surface area (Å²) in [5, 5.41) is 6.04. The molecule has 2 heterocycles. The molecule has 2 amide bonds. The zero-order valence-electron chi connectivity index (χ0n) is 18.5. The molecular formula is C25H31N3O4. The molecule has 7 heteroatoms. The highest BCUT2D eigenvalue weighted by Crippen LogP contribution is 2.22. The molecule has 2 aromatic rings. The van der Waals surface area contributed by atoms with Crippen LogP contribution in [0.15, 0.2) is 48.5 Å². The van der Waals surface area contributed by atoms with Gasteiger partial charge >= 0.3 is 0 Å². The van der Waals surface area contributed by atoms with Gasteiger partial charge < -0.3 is 20.1 Å². The van der Waals surface area contributed by atoms with E-state index in [-0.39, 0.29) is 17.9 Å². The van der Waals surface area contributed by atoms with Crippen LogP contribution < -0.4 is 10.6 Å². The Morgan fingerprint density at radius 3 is 2.50 bits per heavy atom. The summed E-state index contributed by atoms with van der Waals surface area (Å²) < 4.78 is 11.1. The van der Waals surface area contributed by atoms with Gasteiger partial charge in [0.05, 0.1) is 19.8 Å². The number of aryl methyl sites for hydroxylation is 1. The second kappa shape index (κ2) is 10.7. The van der Waals surface area contributed by atoms with Gasteiger partial charge in [-0.1, -0.05) is 24.3 Å². The Labute approximate surface area is 189 Å². The van der Waals surface area contributed by atoms with Crippen LogP contribution in [-0.4, -0.2) is 68.8 Å². The maximum Gasteiger partial charge on any atom is 0.255 e. The Morgan fingerprint density at radius 2 is 1.78 bits per heavy atom. The van der Waals surface area contributed by atoms with Gasteiger partial charge in [-0.05, 0) is 43.2 Å². The number of hydrogen-bond acceptors (Lipinski definition) is 5. The van der Waals surface area contributed by atoms with E-state index in [2.05, 4.69) is 15.5 Å². The van der Waals surface area contributed by atoms with Gasteiger partial charge in [0.15, 0.2) is 0 Å². The number of morpholine rings is 1. The number of amides is 2. The summed E-state index contributed by atoms with van der Waals surface area (Å²) in [5.74, 6) is 0.0735. The molecule has 0 aliphatic carbocycles. The van der Waals surface area contributed by atoms with E-state index >= 15 is 0 Å². The van der Waals surface area contributed by atoms with Gasteiger partial charge in [0.2, 0.25) is 0 Å². The van der Waals surface area contributed by atoms with E-state index in [0.29, 0.717) is 29.3 Å². The number of benzene rings is 2. The lowest BCUT2D eigenvalue weighted by atomic mass is 9.96. The fraction of sp³-hybridized carbons (Fsp3) is 0.440. The second-order valence-electron chi connectivity index (χ2n) is 8.40. The Hall–Kier alpha value is -2.74. The van der Waals surface area contributed by atoms with Crippen LogP contribution in [0.2, 0.25) is 0 Å². The molecule has 2 atom stereocenters. The largest absolute Gasteiger partial charge is 0.381 e. The first-order valence-electron chi connectivity index (χ1n) is 11.3. The zero-order chi connectivity index (χ0) is 22.3. The topological polar surface area (TPSA) is 79.9 Å². The van der Waals surface area contributed by atoms with Crippen molar-refractivity contribution in [3.05, 3.63) is 65.2 Å². The maximum atomic E-state index is 13.0. The smallest absolute Gasteiger partial charge is 0.255 e. The highest BCUT2D eigenvalue weighted by molar-refractivity contribution is 6.05. The monoisotopic (exact) mass is 437 g/mol. The average molecular weight is 438 g/mol. The molecule has 4 rings (SSSR count). The van der Waals surface area contributed by atoms with Crippen LogP contribution in [0.25, 0.3) is 0 Å². The molecule has 0 aromatic heterocycles. The van der Waals surface area contributed by atoms with Crippen LogP contribution in [0, 0.1) is 12.8 Å². The number of ether oxygens (including phenoxy) is 2. The van der Waals surface area contributed by atoms with Crippen LogP contribution in [0.1, 0.15) is 32.7 Å². The highest BCUT2D eigenvalue weighted by atomic mass is 16.5. The third-order valence-electron chi connectivity index (χ3n) is 6.28. The van der Waals surface area contributed by atoms with E-state index in [1.165, 1.54) is 0 Å². The molecule has 7 nitrogen and oxygen atoms in total. The summed E-state index contributed by atoms with van der Waals surface area (Å²) in [5.41, 5.74) is 2.65. The first-order chi connectivity index (χ1) is 15.6. The Morgan fingerprint density at radius 1 is 1.00 bits per heavy atom.